The summed E-state index contributed by atoms with van der Waals surface area (Å²) >= 11 is 0. The summed E-state index contributed by atoms with van der Waals surface area (Å²) in [6.45, 7) is 0.510. The molecule has 2 heteroatoms. The van der Waals surface area contributed by atoms with Gasteiger partial charge in [0.2, 0.25) is 0 Å². The molecule has 2 nitrogen and oxygen atoms in total. The van der Waals surface area contributed by atoms with Crippen molar-refractivity contribution in [2.45, 2.75) is 6.61 Å². The lowest BCUT2D eigenvalue weighted by molar-refractivity contribution is 0.311. The van der Waals surface area contributed by atoms with Crippen LogP contribution in [0.1, 0.15) is 5.56 Å². The summed E-state index contributed by atoms with van der Waals surface area (Å²) in [5.41, 5.74) is 1.15. The standard InChI is InChI=1S/C26H20O2/c1-27-25-14-13-21(22-10-4-5-11-23(22)25)17-28-26-12-6-9-20-15-18-7-2-3-8-19(18)16-24(20)26/h2-16H,17H2,1H3. The summed E-state index contributed by atoms with van der Waals surface area (Å²) in [6.07, 6.45) is 0. The predicted octanol–water partition coefficient (Wildman–Crippen LogP) is 6.73. The monoisotopic (exact) mass is 364 g/mol. The molecular weight excluding hydrogens is 344 g/mol. The minimum atomic E-state index is 0.510. The van der Waals surface area contributed by atoms with Gasteiger partial charge in [-0.05, 0) is 51.4 Å². The highest BCUT2D eigenvalue weighted by atomic mass is 16.5. The number of benzene rings is 5. The molecule has 0 aromatic heterocycles. The maximum atomic E-state index is 6.30. The van der Waals surface area contributed by atoms with Gasteiger partial charge in [-0.3, -0.25) is 0 Å². The van der Waals surface area contributed by atoms with Crippen LogP contribution in [0.3, 0.4) is 0 Å². The first-order valence-corrected chi connectivity index (χ1v) is 9.42. The highest BCUT2D eigenvalue weighted by Gasteiger charge is 2.09. The van der Waals surface area contributed by atoms with Gasteiger partial charge in [0.05, 0.1) is 7.11 Å². The van der Waals surface area contributed by atoms with E-state index in [-0.39, 0.29) is 0 Å². The van der Waals surface area contributed by atoms with Crippen molar-refractivity contribution in [2.24, 2.45) is 0 Å². The fourth-order valence-electron chi connectivity index (χ4n) is 3.86. The lowest BCUT2D eigenvalue weighted by atomic mass is 10.0. The first kappa shape index (κ1) is 16.6. The first-order valence-electron chi connectivity index (χ1n) is 9.42. The Morgan fingerprint density at radius 2 is 1.29 bits per heavy atom. The zero-order valence-electron chi connectivity index (χ0n) is 15.7. The van der Waals surface area contributed by atoms with Crippen molar-refractivity contribution >= 4 is 32.3 Å². The van der Waals surface area contributed by atoms with E-state index in [0.29, 0.717) is 6.61 Å². The molecule has 0 aliphatic rings. The Kier molecular flexibility index (Phi) is 4.10. The fraction of sp³-hybridized carbons (Fsp3) is 0.0769. The maximum absolute atomic E-state index is 6.30. The van der Waals surface area contributed by atoms with Crippen molar-refractivity contribution in [3.63, 3.8) is 0 Å². The zero-order chi connectivity index (χ0) is 18.9. The summed E-state index contributed by atoms with van der Waals surface area (Å²) in [4.78, 5) is 0. The number of fused-ring (bicyclic) bond motifs is 3. The molecule has 0 unspecified atom stereocenters. The molecule has 28 heavy (non-hydrogen) atoms. The van der Waals surface area contributed by atoms with Gasteiger partial charge in [-0.2, -0.15) is 0 Å². The third-order valence-electron chi connectivity index (χ3n) is 5.28. The van der Waals surface area contributed by atoms with Gasteiger partial charge in [0.1, 0.15) is 18.1 Å². The van der Waals surface area contributed by atoms with Crippen LogP contribution in [0.4, 0.5) is 0 Å². The Bertz CT molecular complexity index is 1300. The Balaban J connectivity index is 1.55. The van der Waals surface area contributed by atoms with E-state index in [1.807, 2.05) is 18.2 Å². The third kappa shape index (κ3) is 2.84. The van der Waals surface area contributed by atoms with Crippen LogP contribution in [-0.2, 0) is 6.61 Å². The molecule has 136 valence electrons. The highest BCUT2D eigenvalue weighted by Crippen LogP contribution is 2.32. The molecule has 0 bridgehead atoms. The van der Waals surface area contributed by atoms with Crippen molar-refractivity contribution < 1.29 is 9.47 Å². The van der Waals surface area contributed by atoms with E-state index in [1.165, 1.54) is 16.2 Å². The van der Waals surface area contributed by atoms with Crippen molar-refractivity contribution in [3.8, 4) is 11.5 Å². The van der Waals surface area contributed by atoms with Crippen molar-refractivity contribution in [1.82, 2.24) is 0 Å². The molecule has 0 aliphatic heterocycles. The number of hydrogen-bond acceptors (Lipinski definition) is 2. The van der Waals surface area contributed by atoms with E-state index in [1.54, 1.807) is 7.11 Å². The fourth-order valence-corrected chi connectivity index (χ4v) is 3.86. The lowest BCUT2D eigenvalue weighted by Gasteiger charge is -2.13. The van der Waals surface area contributed by atoms with E-state index in [0.717, 1.165) is 33.2 Å². The van der Waals surface area contributed by atoms with Crippen LogP contribution in [0.15, 0.2) is 91.0 Å². The summed E-state index contributed by atoms with van der Waals surface area (Å²) in [5, 5.41) is 7.06. The third-order valence-corrected chi connectivity index (χ3v) is 5.28. The molecule has 0 atom stereocenters. The SMILES string of the molecule is COc1ccc(COc2cccc3cc4ccccc4cc23)c2ccccc12. The second-order valence-electron chi connectivity index (χ2n) is 6.94. The van der Waals surface area contributed by atoms with Crippen LogP contribution < -0.4 is 9.47 Å². The van der Waals surface area contributed by atoms with Crippen LogP contribution in [0.2, 0.25) is 0 Å². The van der Waals surface area contributed by atoms with Crippen molar-refractivity contribution in [1.29, 1.82) is 0 Å². The number of rotatable bonds is 4. The van der Waals surface area contributed by atoms with Crippen LogP contribution in [0.5, 0.6) is 11.5 Å². The molecule has 0 fully saturated rings. The molecule has 0 heterocycles. The zero-order valence-corrected chi connectivity index (χ0v) is 15.7. The van der Waals surface area contributed by atoms with Crippen LogP contribution in [0.25, 0.3) is 32.3 Å². The Hall–Kier alpha value is -3.52. The smallest absolute Gasteiger partial charge is 0.127 e. The molecule has 0 saturated carbocycles. The average molecular weight is 364 g/mol. The van der Waals surface area contributed by atoms with Gasteiger partial charge in [0.25, 0.3) is 0 Å². The molecule has 0 saturated heterocycles. The number of ether oxygens (including phenoxy) is 2. The molecule has 5 aromatic carbocycles. The molecule has 0 amide bonds. The van der Waals surface area contributed by atoms with Gasteiger partial charge in [-0.15, -0.1) is 0 Å². The summed E-state index contributed by atoms with van der Waals surface area (Å²) in [7, 11) is 1.71. The van der Waals surface area contributed by atoms with Gasteiger partial charge in [-0.1, -0.05) is 66.7 Å². The number of hydrogen-bond donors (Lipinski definition) is 0. The minimum absolute atomic E-state index is 0.510. The van der Waals surface area contributed by atoms with Gasteiger partial charge in [0.15, 0.2) is 0 Å². The van der Waals surface area contributed by atoms with Gasteiger partial charge in [-0.25, -0.2) is 0 Å². The quantitative estimate of drug-likeness (QED) is 0.329. The maximum Gasteiger partial charge on any atom is 0.127 e. The topological polar surface area (TPSA) is 18.5 Å². The normalized spacial score (nSPS) is 11.2. The average Bonchev–Trinajstić information content (AvgIpc) is 2.76. The van der Waals surface area contributed by atoms with Crippen LogP contribution in [-0.4, -0.2) is 7.11 Å². The molecule has 0 spiro atoms. The summed E-state index contributed by atoms with van der Waals surface area (Å²) in [5.74, 6) is 1.79. The van der Waals surface area contributed by atoms with Crippen LogP contribution >= 0.6 is 0 Å². The number of methoxy groups -OCH3 is 1. The molecule has 5 rings (SSSR count). The second-order valence-corrected chi connectivity index (χ2v) is 6.94. The van der Waals surface area contributed by atoms with Gasteiger partial charge < -0.3 is 9.47 Å². The minimum Gasteiger partial charge on any atom is -0.496 e. The van der Waals surface area contributed by atoms with E-state index < -0.39 is 0 Å². The van der Waals surface area contributed by atoms with Gasteiger partial charge in [0, 0.05) is 10.8 Å². The van der Waals surface area contributed by atoms with E-state index >= 15 is 0 Å². The largest absolute Gasteiger partial charge is 0.496 e. The van der Waals surface area contributed by atoms with E-state index in [4.69, 9.17) is 9.47 Å². The van der Waals surface area contributed by atoms with Crippen molar-refractivity contribution in [2.75, 3.05) is 7.11 Å². The molecule has 0 radical (unpaired) electrons. The predicted molar refractivity (Wildman–Crippen MR) is 116 cm³/mol. The van der Waals surface area contributed by atoms with E-state index in [9.17, 15) is 0 Å². The Morgan fingerprint density at radius 1 is 0.571 bits per heavy atom. The van der Waals surface area contributed by atoms with E-state index in [2.05, 4.69) is 72.8 Å². The Labute approximate surface area is 163 Å². The molecule has 0 aliphatic carbocycles. The molecular formula is C26H20O2. The first-order chi connectivity index (χ1) is 13.8. The van der Waals surface area contributed by atoms with Crippen LogP contribution in [0, 0.1) is 0 Å². The Morgan fingerprint density at radius 3 is 2.11 bits per heavy atom. The summed E-state index contributed by atoms with van der Waals surface area (Å²) in [6, 6.07) is 31.5. The van der Waals surface area contributed by atoms with Gasteiger partial charge >= 0.3 is 0 Å². The molecule has 5 aromatic rings. The molecule has 0 N–H and O–H groups in total. The summed E-state index contributed by atoms with van der Waals surface area (Å²) < 4.78 is 11.8. The van der Waals surface area contributed by atoms with Crippen molar-refractivity contribution in [3.05, 3.63) is 96.6 Å². The second kappa shape index (κ2) is 6.90. The highest BCUT2D eigenvalue weighted by molar-refractivity contribution is 6.00. The lowest BCUT2D eigenvalue weighted by Crippen LogP contribution is -1.98.